The summed E-state index contributed by atoms with van der Waals surface area (Å²) in [5.41, 5.74) is 8.21. The van der Waals surface area contributed by atoms with Gasteiger partial charge in [0.25, 0.3) is 0 Å². The maximum Gasteiger partial charge on any atom is 0.214 e. The number of hydrogen-bond donors (Lipinski definition) is 1. The van der Waals surface area contributed by atoms with Crippen molar-refractivity contribution in [1.82, 2.24) is 4.98 Å². The average molecular weight is 248 g/mol. The maximum absolute atomic E-state index is 6.01. The summed E-state index contributed by atoms with van der Waals surface area (Å²) in [4.78, 5) is 4.43. The molecule has 0 radical (unpaired) electrons. The molecule has 2 N–H and O–H groups in total. The molecule has 2 rings (SSSR count). The van der Waals surface area contributed by atoms with Gasteiger partial charge in [0, 0.05) is 18.3 Å². The Bertz CT molecular complexity index is 405. The highest BCUT2D eigenvalue weighted by Gasteiger charge is 2.28. The molecule has 18 heavy (non-hydrogen) atoms. The number of ether oxygens (including phenoxy) is 1. The third-order valence-corrected chi connectivity index (χ3v) is 3.80. The smallest absolute Gasteiger partial charge is 0.214 e. The van der Waals surface area contributed by atoms with Crippen molar-refractivity contribution in [2.75, 3.05) is 0 Å². The molecule has 100 valence electrons. The highest BCUT2D eigenvalue weighted by atomic mass is 16.5. The van der Waals surface area contributed by atoms with E-state index in [0.29, 0.717) is 18.1 Å². The van der Waals surface area contributed by atoms with Gasteiger partial charge in [0.05, 0.1) is 0 Å². The minimum Gasteiger partial charge on any atom is -0.474 e. The first-order valence-corrected chi connectivity index (χ1v) is 6.83. The van der Waals surface area contributed by atoms with E-state index in [4.69, 9.17) is 10.5 Å². The van der Waals surface area contributed by atoms with Gasteiger partial charge in [-0.15, -0.1) is 0 Å². The van der Waals surface area contributed by atoms with Gasteiger partial charge in [-0.3, -0.25) is 0 Å². The van der Waals surface area contributed by atoms with Gasteiger partial charge < -0.3 is 10.5 Å². The fraction of sp³-hybridized carbons (Fsp3) is 0.667. The second-order valence-corrected chi connectivity index (χ2v) is 6.14. The fourth-order valence-corrected chi connectivity index (χ4v) is 2.55. The normalized spacial score (nSPS) is 19.8. The topological polar surface area (TPSA) is 48.1 Å². The van der Waals surface area contributed by atoms with Gasteiger partial charge in [-0.05, 0) is 49.7 Å². The molecule has 1 aromatic heterocycles. The van der Waals surface area contributed by atoms with Crippen LogP contribution in [-0.4, -0.2) is 11.1 Å². The minimum absolute atomic E-state index is 0.318. The van der Waals surface area contributed by atoms with Crippen molar-refractivity contribution in [3.63, 3.8) is 0 Å². The van der Waals surface area contributed by atoms with Gasteiger partial charge in [0.15, 0.2) is 0 Å². The predicted molar refractivity (Wildman–Crippen MR) is 73.5 cm³/mol. The van der Waals surface area contributed by atoms with Gasteiger partial charge in [-0.2, -0.15) is 0 Å². The molecule has 3 nitrogen and oxygen atoms in total. The van der Waals surface area contributed by atoms with E-state index in [2.05, 4.69) is 18.8 Å². The van der Waals surface area contributed by atoms with Gasteiger partial charge in [-0.25, -0.2) is 4.98 Å². The molecule has 0 spiro atoms. The fourth-order valence-electron chi connectivity index (χ4n) is 2.55. The Balaban J connectivity index is 2.00. The Hall–Kier alpha value is -1.09. The average Bonchev–Trinajstić information content (AvgIpc) is 2.31. The summed E-state index contributed by atoms with van der Waals surface area (Å²) < 4.78 is 6.01. The van der Waals surface area contributed by atoms with Crippen molar-refractivity contribution in [2.24, 2.45) is 11.1 Å². The number of nitrogens with zero attached hydrogens (tertiary/aromatic N) is 1. The van der Waals surface area contributed by atoms with E-state index in [1.54, 1.807) is 0 Å². The maximum atomic E-state index is 6.01. The molecule has 1 aliphatic rings. The number of nitrogens with two attached hydrogens (primary N) is 1. The van der Waals surface area contributed by atoms with Crippen molar-refractivity contribution in [3.8, 4) is 5.88 Å². The molecular formula is C15H24N2O. The van der Waals surface area contributed by atoms with Crippen LogP contribution in [0.3, 0.4) is 0 Å². The van der Waals surface area contributed by atoms with E-state index in [0.717, 1.165) is 30.0 Å². The van der Waals surface area contributed by atoms with Gasteiger partial charge in [0.2, 0.25) is 5.88 Å². The van der Waals surface area contributed by atoms with Gasteiger partial charge in [-0.1, -0.05) is 13.8 Å². The number of aromatic nitrogens is 1. The van der Waals surface area contributed by atoms with E-state index in [9.17, 15) is 0 Å². The molecule has 1 aromatic rings. The van der Waals surface area contributed by atoms with Crippen molar-refractivity contribution >= 4 is 0 Å². The lowest BCUT2D eigenvalue weighted by Crippen LogP contribution is -2.28. The SMILES string of the molecule is Cc1cc(CN)cc(OC2CCC(C)(C)CC2)n1. The standard InChI is InChI=1S/C15H24N2O/c1-11-8-12(10-16)9-14(17-11)18-13-4-6-15(2,3)7-5-13/h8-9,13H,4-7,10,16H2,1-3H3. The highest BCUT2D eigenvalue weighted by molar-refractivity contribution is 5.24. The third-order valence-electron chi connectivity index (χ3n) is 3.80. The first kappa shape index (κ1) is 13.3. The van der Waals surface area contributed by atoms with Crippen LogP contribution >= 0.6 is 0 Å². The van der Waals surface area contributed by atoms with Crippen LogP contribution in [0.4, 0.5) is 0 Å². The summed E-state index contributed by atoms with van der Waals surface area (Å²) in [6, 6.07) is 3.98. The second-order valence-electron chi connectivity index (χ2n) is 6.14. The van der Waals surface area contributed by atoms with E-state index in [-0.39, 0.29) is 0 Å². The number of aryl methyl sites for hydroxylation is 1. The summed E-state index contributed by atoms with van der Waals surface area (Å²) in [5.74, 6) is 0.736. The van der Waals surface area contributed by atoms with Crippen LogP contribution in [0.2, 0.25) is 0 Å². The molecule has 0 aromatic carbocycles. The Labute approximate surface area is 110 Å². The van der Waals surface area contributed by atoms with Crippen LogP contribution in [0, 0.1) is 12.3 Å². The lowest BCUT2D eigenvalue weighted by molar-refractivity contribution is 0.0947. The summed E-state index contributed by atoms with van der Waals surface area (Å²) >= 11 is 0. The molecule has 0 atom stereocenters. The first-order valence-electron chi connectivity index (χ1n) is 6.83. The Morgan fingerprint density at radius 3 is 2.61 bits per heavy atom. The highest BCUT2D eigenvalue weighted by Crippen LogP contribution is 2.36. The summed E-state index contributed by atoms with van der Waals surface area (Å²) in [5, 5.41) is 0. The van der Waals surface area contributed by atoms with Crippen molar-refractivity contribution in [1.29, 1.82) is 0 Å². The Morgan fingerprint density at radius 1 is 1.33 bits per heavy atom. The summed E-state index contributed by atoms with van der Waals surface area (Å²) in [6.07, 6.45) is 5.03. The van der Waals surface area contributed by atoms with Crippen LogP contribution in [0.25, 0.3) is 0 Å². The first-order chi connectivity index (χ1) is 8.48. The molecule has 1 aliphatic carbocycles. The van der Waals surface area contributed by atoms with Crippen LogP contribution < -0.4 is 10.5 Å². The van der Waals surface area contributed by atoms with Crippen molar-refractivity contribution in [3.05, 3.63) is 23.4 Å². The number of rotatable bonds is 3. The van der Waals surface area contributed by atoms with Crippen molar-refractivity contribution < 1.29 is 4.74 Å². The van der Waals surface area contributed by atoms with Crippen LogP contribution in [0.1, 0.15) is 50.8 Å². The van der Waals surface area contributed by atoms with Crippen molar-refractivity contribution in [2.45, 2.75) is 59.1 Å². The number of pyridine rings is 1. The van der Waals surface area contributed by atoms with E-state index in [1.165, 1.54) is 12.8 Å². The molecule has 0 saturated heterocycles. The lowest BCUT2D eigenvalue weighted by atomic mass is 9.76. The number of hydrogen-bond acceptors (Lipinski definition) is 3. The summed E-state index contributed by atoms with van der Waals surface area (Å²) in [7, 11) is 0. The molecule has 0 aliphatic heterocycles. The monoisotopic (exact) mass is 248 g/mol. The summed E-state index contributed by atoms with van der Waals surface area (Å²) in [6.45, 7) is 7.19. The van der Waals surface area contributed by atoms with Crippen LogP contribution in [0.15, 0.2) is 12.1 Å². The van der Waals surface area contributed by atoms with Gasteiger partial charge >= 0.3 is 0 Å². The molecule has 0 amide bonds. The van der Waals surface area contributed by atoms with E-state index < -0.39 is 0 Å². The van der Waals surface area contributed by atoms with Crippen LogP contribution in [-0.2, 0) is 6.54 Å². The predicted octanol–water partition coefficient (Wildman–Crippen LogP) is 3.20. The molecule has 1 heterocycles. The molecule has 0 unspecified atom stereocenters. The zero-order valence-electron chi connectivity index (χ0n) is 11.7. The molecule has 1 fully saturated rings. The van der Waals surface area contributed by atoms with E-state index >= 15 is 0 Å². The zero-order chi connectivity index (χ0) is 13.2. The molecule has 3 heteroatoms. The largest absolute Gasteiger partial charge is 0.474 e. The molecular weight excluding hydrogens is 224 g/mol. The quantitative estimate of drug-likeness (QED) is 0.893. The second kappa shape index (κ2) is 5.27. The lowest BCUT2D eigenvalue weighted by Gasteiger charge is -2.34. The van der Waals surface area contributed by atoms with E-state index in [1.807, 2.05) is 19.1 Å². The van der Waals surface area contributed by atoms with Crippen LogP contribution in [0.5, 0.6) is 5.88 Å². The molecule has 0 bridgehead atoms. The third kappa shape index (κ3) is 3.45. The zero-order valence-corrected chi connectivity index (χ0v) is 11.7. The Kier molecular flexibility index (Phi) is 3.91. The Morgan fingerprint density at radius 2 is 2.00 bits per heavy atom. The van der Waals surface area contributed by atoms with Gasteiger partial charge in [0.1, 0.15) is 6.10 Å². The minimum atomic E-state index is 0.318. The molecule has 1 saturated carbocycles.